The van der Waals surface area contributed by atoms with Gasteiger partial charge in [-0.2, -0.15) is 5.10 Å². The van der Waals surface area contributed by atoms with Crippen LogP contribution < -0.4 is 0 Å². The molecule has 14 heavy (non-hydrogen) atoms. The van der Waals surface area contributed by atoms with Crippen molar-refractivity contribution in [2.75, 3.05) is 0 Å². The van der Waals surface area contributed by atoms with E-state index in [0.717, 1.165) is 12.1 Å². The van der Waals surface area contributed by atoms with Gasteiger partial charge in [0.25, 0.3) is 0 Å². The normalized spacial score (nSPS) is 10.0. The molecule has 1 aromatic heterocycles. The minimum atomic E-state index is 0.761. The Labute approximate surface area is 82.7 Å². The van der Waals surface area contributed by atoms with Gasteiger partial charge in [0.05, 0.1) is 6.54 Å². The van der Waals surface area contributed by atoms with E-state index in [-0.39, 0.29) is 0 Å². The largest absolute Gasteiger partial charge is 0.249 e. The van der Waals surface area contributed by atoms with Crippen molar-refractivity contribution in [2.24, 2.45) is 0 Å². The van der Waals surface area contributed by atoms with Crippen LogP contribution in [0.3, 0.4) is 0 Å². The van der Waals surface area contributed by atoms with Crippen LogP contribution in [0.4, 0.5) is 0 Å². The summed E-state index contributed by atoms with van der Waals surface area (Å²) in [6.45, 7) is 4.47. The lowest BCUT2D eigenvalue weighted by molar-refractivity contribution is 0.685. The number of hydrogen-bond donors (Lipinski definition) is 0. The first kappa shape index (κ1) is 8.69. The third-order valence-corrected chi connectivity index (χ3v) is 2.03. The van der Waals surface area contributed by atoms with Crippen molar-refractivity contribution in [2.45, 2.75) is 6.54 Å². The van der Waals surface area contributed by atoms with E-state index in [1.165, 1.54) is 11.9 Å². The van der Waals surface area contributed by atoms with Gasteiger partial charge in [-0.3, -0.25) is 0 Å². The topological polar surface area (TPSA) is 30.7 Å². The Balaban J connectivity index is 2.14. The van der Waals surface area contributed by atoms with Crippen LogP contribution in [0.1, 0.15) is 11.1 Å². The zero-order chi connectivity index (χ0) is 9.80. The van der Waals surface area contributed by atoms with E-state index < -0.39 is 0 Å². The molecule has 0 amide bonds. The van der Waals surface area contributed by atoms with Gasteiger partial charge in [-0.05, 0) is 11.1 Å². The Morgan fingerprint density at radius 3 is 2.64 bits per heavy atom. The molecule has 2 aromatic rings. The monoisotopic (exact) mass is 185 g/mol. The highest BCUT2D eigenvalue weighted by molar-refractivity contribution is 5.47. The van der Waals surface area contributed by atoms with Crippen LogP contribution in [0, 0.1) is 0 Å². The highest BCUT2D eigenvalue weighted by atomic mass is 15.3. The summed E-state index contributed by atoms with van der Waals surface area (Å²) in [6.07, 6.45) is 5.08. The first-order valence-electron chi connectivity index (χ1n) is 4.42. The molecular formula is C11H11N3. The minimum absolute atomic E-state index is 0.761. The Morgan fingerprint density at radius 2 is 2.07 bits per heavy atom. The third kappa shape index (κ3) is 1.88. The maximum absolute atomic E-state index is 4.04. The van der Waals surface area contributed by atoms with Crippen molar-refractivity contribution in [3.8, 4) is 0 Å². The summed E-state index contributed by atoms with van der Waals surface area (Å²) < 4.78 is 1.79. The van der Waals surface area contributed by atoms with Crippen molar-refractivity contribution in [3.05, 3.63) is 54.6 Å². The van der Waals surface area contributed by atoms with Crippen LogP contribution in [0.5, 0.6) is 0 Å². The fraction of sp³-hybridized carbons (Fsp3) is 0.0909. The molecule has 0 fully saturated rings. The molecule has 0 saturated carbocycles. The van der Waals surface area contributed by atoms with E-state index in [4.69, 9.17) is 0 Å². The quantitative estimate of drug-likeness (QED) is 0.732. The van der Waals surface area contributed by atoms with Gasteiger partial charge in [-0.15, -0.1) is 0 Å². The molecule has 3 nitrogen and oxygen atoms in total. The number of aromatic nitrogens is 3. The molecule has 0 aliphatic carbocycles. The van der Waals surface area contributed by atoms with E-state index in [9.17, 15) is 0 Å². The molecule has 0 saturated heterocycles. The summed E-state index contributed by atoms with van der Waals surface area (Å²) in [6, 6.07) is 8.22. The van der Waals surface area contributed by atoms with Gasteiger partial charge in [-0.1, -0.05) is 36.9 Å². The zero-order valence-corrected chi connectivity index (χ0v) is 7.80. The summed E-state index contributed by atoms with van der Waals surface area (Å²) in [4.78, 5) is 3.89. The zero-order valence-electron chi connectivity index (χ0n) is 7.80. The molecular weight excluding hydrogens is 174 g/mol. The van der Waals surface area contributed by atoms with Gasteiger partial charge < -0.3 is 0 Å². The summed E-state index contributed by atoms with van der Waals surface area (Å²) >= 11 is 0. The predicted octanol–water partition coefficient (Wildman–Crippen LogP) is 1.97. The molecule has 0 atom stereocenters. The number of nitrogens with zero attached hydrogens (tertiary/aromatic N) is 3. The Bertz CT molecular complexity index is 401. The highest BCUT2D eigenvalue weighted by Crippen LogP contribution is 2.06. The molecule has 0 bridgehead atoms. The Hall–Kier alpha value is -1.90. The van der Waals surface area contributed by atoms with Gasteiger partial charge in [0.2, 0.25) is 0 Å². The first-order valence-corrected chi connectivity index (χ1v) is 4.42. The van der Waals surface area contributed by atoms with Gasteiger partial charge in [0, 0.05) is 0 Å². The van der Waals surface area contributed by atoms with Gasteiger partial charge in [0.1, 0.15) is 12.7 Å². The molecule has 1 heterocycles. The van der Waals surface area contributed by atoms with E-state index in [1.807, 2.05) is 18.2 Å². The summed E-state index contributed by atoms with van der Waals surface area (Å²) in [7, 11) is 0. The first-order chi connectivity index (χ1) is 6.88. The van der Waals surface area contributed by atoms with Gasteiger partial charge in [-0.25, -0.2) is 9.67 Å². The SMILES string of the molecule is C=Cc1ccc(Cn2cncn2)cc1. The number of benzene rings is 1. The highest BCUT2D eigenvalue weighted by Gasteiger charge is 1.94. The van der Waals surface area contributed by atoms with E-state index >= 15 is 0 Å². The smallest absolute Gasteiger partial charge is 0.137 e. The molecule has 70 valence electrons. The predicted molar refractivity (Wildman–Crippen MR) is 55.7 cm³/mol. The average Bonchev–Trinajstić information content (AvgIpc) is 2.72. The average molecular weight is 185 g/mol. The molecule has 0 N–H and O–H groups in total. The van der Waals surface area contributed by atoms with Gasteiger partial charge in [0.15, 0.2) is 0 Å². The van der Waals surface area contributed by atoms with Crippen molar-refractivity contribution < 1.29 is 0 Å². The second kappa shape index (κ2) is 3.87. The molecule has 0 radical (unpaired) electrons. The molecule has 0 unspecified atom stereocenters. The molecule has 0 aliphatic rings. The molecule has 0 aliphatic heterocycles. The second-order valence-electron chi connectivity index (χ2n) is 3.04. The van der Waals surface area contributed by atoms with Crippen LogP contribution in [0.25, 0.3) is 6.08 Å². The van der Waals surface area contributed by atoms with Crippen LogP contribution in [-0.2, 0) is 6.54 Å². The Kier molecular flexibility index (Phi) is 2.40. The van der Waals surface area contributed by atoms with Crippen LogP contribution >= 0.6 is 0 Å². The van der Waals surface area contributed by atoms with Crippen molar-refractivity contribution >= 4 is 6.08 Å². The molecule has 1 aromatic carbocycles. The van der Waals surface area contributed by atoms with Crippen molar-refractivity contribution in [1.82, 2.24) is 14.8 Å². The maximum atomic E-state index is 4.04. The molecule has 0 spiro atoms. The lowest BCUT2D eigenvalue weighted by atomic mass is 10.1. The summed E-state index contributed by atoms with van der Waals surface area (Å²) in [5.41, 5.74) is 2.34. The van der Waals surface area contributed by atoms with E-state index in [2.05, 4.69) is 28.8 Å². The third-order valence-electron chi connectivity index (χ3n) is 2.03. The van der Waals surface area contributed by atoms with E-state index in [1.54, 1.807) is 11.0 Å². The van der Waals surface area contributed by atoms with Crippen LogP contribution in [0.2, 0.25) is 0 Å². The summed E-state index contributed by atoms with van der Waals surface area (Å²) in [5.74, 6) is 0. The van der Waals surface area contributed by atoms with Crippen molar-refractivity contribution in [1.29, 1.82) is 0 Å². The summed E-state index contributed by atoms with van der Waals surface area (Å²) in [5, 5.41) is 4.04. The lowest BCUT2D eigenvalue weighted by Gasteiger charge is -2.01. The van der Waals surface area contributed by atoms with Crippen LogP contribution in [0.15, 0.2) is 43.5 Å². The van der Waals surface area contributed by atoms with Crippen LogP contribution in [-0.4, -0.2) is 14.8 Å². The van der Waals surface area contributed by atoms with Crippen molar-refractivity contribution in [3.63, 3.8) is 0 Å². The second-order valence-corrected chi connectivity index (χ2v) is 3.04. The van der Waals surface area contributed by atoms with Gasteiger partial charge >= 0.3 is 0 Å². The minimum Gasteiger partial charge on any atom is -0.249 e. The molecule has 3 heteroatoms. The lowest BCUT2D eigenvalue weighted by Crippen LogP contribution is -1.99. The fourth-order valence-electron chi connectivity index (χ4n) is 1.26. The number of rotatable bonds is 3. The van der Waals surface area contributed by atoms with E-state index in [0.29, 0.717) is 0 Å². The standard InChI is InChI=1S/C11H11N3/c1-2-10-3-5-11(6-4-10)7-14-9-12-8-13-14/h2-6,8-9H,1,7H2. The maximum Gasteiger partial charge on any atom is 0.137 e. The Morgan fingerprint density at radius 1 is 1.29 bits per heavy atom. The fourth-order valence-corrected chi connectivity index (χ4v) is 1.26. The number of hydrogen-bond acceptors (Lipinski definition) is 2. The molecule has 2 rings (SSSR count).